The Kier molecular flexibility index (Phi) is 44.6. The number of allylic oxidation sites excluding steroid dienone is 18. The molecular formula is C54H86O6. The van der Waals surface area contributed by atoms with Crippen LogP contribution in [-0.4, -0.2) is 37.2 Å². The monoisotopic (exact) mass is 831 g/mol. The van der Waals surface area contributed by atoms with Crippen LogP contribution in [0.25, 0.3) is 0 Å². The predicted octanol–water partition coefficient (Wildman–Crippen LogP) is 15.6. The van der Waals surface area contributed by atoms with Crippen molar-refractivity contribution in [2.75, 3.05) is 13.2 Å². The molecule has 0 heterocycles. The molecule has 338 valence electrons. The third-order valence-corrected chi connectivity index (χ3v) is 9.49. The van der Waals surface area contributed by atoms with E-state index in [2.05, 4.69) is 130 Å². The van der Waals surface area contributed by atoms with Crippen LogP contribution in [0.15, 0.2) is 109 Å². The molecule has 0 aliphatic rings. The molecule has 0 N–H and O–H groups in total. The van der Waals surface area contributed by atoms with Crippen molar-refractivity contribution in [1.29, 1.82) is 0 Å². The van der Waals surface area contributed by atoms with Crippen molar-refractivity contribution in [3.05, 3.63) is 109 Å². The van der Waals surface area contributed by atoms with Gasteiger partial charge in [0.15, 0.2) is 6.10 Å². The number of carbonyl (C=O) groups is 3. The number of hydrogen-bond donors (Lipinski definition) is 0. The minimum atomic E-state index is -0.829. The lowest BCUT2D eigenvalue weighted by Crippen LogP contribution is -2.30. The van der Waals surface area contributed by atoms with Gasteiger partial charge in [-0.3, -0.25) is 14.4 Å². The number of esters is 3. The van der Waals surface area contributed by atoms with Gasteiger partial charge >= 0.3 is 17.9 Å². The Hall–Kier alpha value is -3.93. The van der Waals surface area contributed by atoms with Gasteiger partial charge in [-0.2, -0.15) is 0 Å². The molecule has 0 aromatic carbocycles. The molecule has 0 saturated carbocycles. The second-order valence-corrected chi connectivity index (χ2v) is 15.2. The number of ether oxygens (including phenoxy) is 3. The summed E-state index contributed by atoms with van der Waals surface area (Å²) in [7, 11) is 0. The minimum absolute atomic E-state index is 0.130. The first-order valence-corrected chi connectivity index (χ1v) is 23.9. The Bertz CT molecular complexity index is 1280. The van der Waals surface area contributed by atoms with Crippen LogP contribution >= 0.6 is 0 Å². The smallest absolute Gasteiger partial charge is 0.306 e. The van der Waals surface area contributed by atoms with E-state index < -0.39 is 6.10 Å². The summed E-state index contributed by atoms with van der Waals surface area (Å²) in [5, 5.41) is 0. The molecule has 1 unspecified atom stereocenters. The summed E-state index contributed by atoms with van der Waals surface area (Å²) in [4.78, 5) is 37.8. The number of unbranched alkanes of at least 4 members (excludes halogenated alkanes) is 12. The zero-order valence-electron chi connectivity index (χ0n) is 38.4. The zero-order chi connectivity index (χ0) is 43.7. The highest BCUT2D eigenvalue weighted by Crippen LogP contribution is 2.11. The quantitative estimate of drug-likeness (QED) is 0.0264. The molecule has 0 fully saturated rings. The van der Waals surface area contributed by atoms with Crippen molar-refractivity contribution in [3.63, 3.8) is 0 Å². The molecule has 1 atom stereocenters. The molecule has 0 aliphatic heterocycles. The van der Waals surface area contributed by atoms with Gasteiger partial charge < -0.3 is 14.2 Å². The molecule has 0 radical (unpaired) electrons. The summed E-state index contributed by atoms with van der Waals surface area (Å²) in [5.41, 5.74) is 0. The van der Waals surface area contributed by atoms with E-state index in [1.165, 1.54) is 44.9 Å². The van der Waals surface area contributed by atoms with E-state index in [9.17, 15) is 14.4 Å². The van der Waals surface area contributed by atoms with Crippen molar-refractivity contribution in [3.8, 4) is 0 Å². The largest absolute Gasteiger partial charge is 0.462 e. The van der Waals surface area contributed by atoms with Gasteiger partial charge in [0.05, 0.1) is 0 Å². The topological polar surface area (TPSA) is 78.9 Å². The fraction of sp³-hybridized carbons (Fsp3) is 0.611. The van der Waals surface area contributed by atoms with Crippen LogP contribution in [0.3, 0.4) is 0 Å². The first kappa shape index (κ1) is 56.1. The summed E-state index contributed by atoms with van der Waals surface area (Å²) >= 11 is 0. The molecule has 6 nitrogen and oxygen atoms in total. The molecule has 60 heavy (non-hydrogen) atoms. The van der Waals surface area contributed by atoms with E-state index in [0.29, 0.717) is 12.8 Å². The van der Waals surface area contributed by atoms with Crippen molar-refractivity contribution in [2.24, 2.45) is 0 Å². The van der Waals surface area contributed by atoms with E-state index >= 15 is 0 Å². The number of rotatable bonds is 41. The molecule has 0 saturated heterocycles. The molecule has 0 rings (SSSR count). The van der Waals surface area contributed by atoms with Crippen LogP contribution in [0.1, 0.15) is 194 Å². The van der Waals surface area contributed by atoms with Gasteiger partial charge in [-0.25, -0.2) is 0 Å². The van der Waals surface area contributed by atoms with Crippen molar-refractivity contribution >= 4 is 17.9 Å². The van der Waals surface area contributed by atoms with Gasteiger partial charge in [-0.1, -0.05) is 175 Å². The first-order chi connectivity index (χ1) is 29.5. The molecule has 6 heteroatoms. The maximum atomic E-state index is 12.7. The van der Waals surface area contributed by atoms with Crippen LogP contribution in [-0.2, 0) is 28.6 Å². The molecule has 0 aromatic heterocycles. The van der Waals surface area contributed by atoms with Crippen LogP contribution in [0.2, 0.25) is 0 Å². The Labute approximate surface area is 368 Å². The Morgan fingerprint density at radius 3 is 1.08 bits per heavy atom. The Morgan fingerprint density at radius 1 is 0.350 bits per heavy atom. The summed E-state index contributed by atoms with van der Waals surface area (Å²) in [5.74, 6) is -1.06. The van der Waals surface area contributed by atoms with Crippen molar-refractivity contribution < 1.29 is 28.6 Å². The third kappa shape index (κ3) is 45.2. The Balaban J connectivity index is 4.56. The Morgan fingerprint density at radius 2 is 0.667 bits per heavy atom. The minimum Gasteiger partial charge on any atom is -0.462 e. The fourth-order valence-corrected chi connectivity index (χ4v) is 5.96. The fourth-order valence-electron chi connectivity index (χ4n) is 5.96. The van der Waals surface area contributed by atoms with Gasteiger partial charge in [0.1, 0.15) is 13.2 Å². The maximum absolute atomic E-state index is 12.7. The maximum Gasteiger partial charge on any atom is 0.306 e. The normalized spacial score (nSPS) is 13.1. The molecule has 0 spiro atoms. The van der Waals surface area contributed by atoms with Crippen molar-refractivity contribution in [2.45, 2.75) is 200 Å². The predicted molar refractivity (Wildman–Crippen MR) is 256 cm³/mol. The van der Waals surface area contributed by atoms with E-state index in [0.717, 1.165) is 96.3 Å². The summed E-state index contributed by atoms with van der Waals surface area (Å²) in [6.07, 6.45) is 63.7. The highest BCUT2D eigenvalue weighted by molar-refractivity contribution is 5.71. The lowest BCUT2D eigenvalue weighted by atomic mass is 10.1. The van der Waals surface area contributed by atoms with Crippen LogP contribution in [0, 0.1) is 0 Å². The van der Waals surface area contributed by atoms with Gasteiger partial charge in [-0.15, -0.1) is 0 Å². The van der Waals surface area contributed by atoms with Crippen LogP contribution in [0.4, 0.5) is 0 Å². The second-order valence-electron chi connectivity index (χ2n) is 15.2. The summed E-state index contributed by atoms with van der Waals surface area (Å²) < 4.78 is 16.6. The number of hydrogen-bond acceptors (Lipinski definition) is 6. The van der Waals surface area contributed by atoms with Crippen LogP contribution in [0.5, 0.6) is 0 Å². The molecule has 0 bridgehead atoms. The molecule has 0 aliphatic carbocycles. The zero-order valence-corrected chi connectivity index (χ0v) is 38.4. The average molecular weight is 831 g/mol. The molecule has 0 amide bonds. The van der Waals surface area contributed by atoms with E-state index in [-0.39, 0.29) is 50.4 Å². The molecule has 0 aromatic rings. The molecular weight excluding hydrogens is 745 g/mol. The first-order valence-electron chi connectivity index (χ1n) is 23.9. The standard InChI is InChI=1S/C54H86O6/c1-4-7-10-13-16-19-22-24-26-27-28-30-32-35-38-41-44-47-53(56)59-50-51(49-58-52(55)46-43-40-37-34-31-21-18-15-12-9-6-3)60-54(57)48-45-42-39-36-33-29-25-23-20-17-14-11-8-5-2/h7,9-10,12,16,18-19,21,24,26,28-30,33-35,37-38,51H,4-6,8,11,13-15,17,20,22-23,25,27,31-32,36,39-50H2,1-3H3/b10-7-,12-9-,19-16-,21-18-,26-24-,30-28-,33-29-,37-34-,38-35-. The highest BCUT2D eigenvalue weighted by Gasteiger charge is 2.19. The second kappa shape index (κ2) is 47.7. The van der Waals surface area contributed by atoms with Gasteiger partial charge in [-0.05, 0) is 109 Å². The van der Waals surface area contributed by atoms with Gasteiger partial charge in [0.2, 0.25) is 0 Å². The lowest BCUT2D eigenvalue weighted by molar-refractivity contribution is -0.167. The van der Waals surface area contributed by atoms with Crippen molar-refractivity contribution in [1.82, 2.24) is 0 Å². The van der Waals surface area contributed by atoms with Crippen LogP contribution < -0.4 is 0 Å². The van der Waals surface area contributed by atoms with E-state index in [4.69, 9.17) is 14.2 Å². The van der Waals surface area contributed by atoms with Gasteiger partial charge in [0, 0.05) is 19.3 Å². The highest BCUT2D eigenvalue weighted by atomic mass is 16.6. The van der Waals surface area contributed by atoms with E-state index in [1.54, 1.807) is 0 Å². The number of carbonyl (C=O) groups excluding carboxylic acids is 3. The SMILES string of the molecule is CC/C=C\C/C=C\C/C=C\C/C=C\C/C=C\CCCC(=O)OCC(COC(=O)CCC/C=C\C/C=C\C/C=C\CC)OC(=O)CCCCC/C=C\CCCCCCCCC. The average Bonchev–Trinajstić information content (AvgIpc) is 3.24. The summed E-state index contributed by atoms with van der Waals surface area (Å²) in [6, 6.07) is 0. The lowest BCUT2D eigenvalue weighted by Gasteiger charge is -2.18. The van der Waals surface area contributed by atoms with E-state index in [1.807, 2.05) is 0 Å². The summed E-state index contributed by atoms with van der Waals surface area (Å²) in [6.45, 7) is 6.26. The van der Waals surface area contributed by atoms with Gasteiger partial charge in [0.25, 0.3) is 0 Å². The third-order valence-electron chi connectivity index (χ3n) is 9.49.